The van der Waals surface area contributed by atoms with Gasteiger partial charge in [-0.05, 0) is 40.2 Å². The minimum atomic E-state index is -0.248. The second kappa shape index (κ2) is 4.58. The summed E-state index contributed by atoms with van der Waals surface area (Å²) in [5, 5.41) is 6.75. The van der Waals surface area contributed by atoms with Gasteiger partial charge in [0.25, 0.3) is 5.91 Å². The van der Waals surface area contributed by atoms with Gasteiger partial charge in [-0.2, -0.15) is 5.10 Å². The van der Waals surface area contributed by atoms with Crippen molar-refractivity contribution in [1.82, 2.24) is 9.78 Å². The summed E-state index contributed by atoms with van der Waals surface area (Å²) < 4.78 is 2.32. The Morgan fingerprint density at radius 2 is 2.24 bits per heavy atom. The predicted octanol–water partition coefficient (Wildman–Crippen LogP) is 2.02. The van der Waals surface area contributed by atoms with Gasteiger partial charge in [0.2, 0.25) is 0 Å². The van der Waals surface area contributed by atoms with Crippen molar-refractivity contribution in [3.63, 3.8) is 0 Å². The summed E-state index contributed by atoms with van der Waals surface area (Å²) in [5.41, 5.74) is 7.33. The lowest BCUT2D eigenvalue weighted by atomic mass is 10.3. The number of aryl methyl sites for hydroxylation is 1. The third kappa shape index (κ3) is 2.65. The summed E-state index contributed by atoms with van der Waals surface area (Å²) in [5.74, 6) is -0.248. The smallest absolute Gasteiger partial charge is 0.276 e. The van der Waals surface area contributed by atoms with Crippen molar-refractivity contribution >= 4 is 33.2 Å². The summed E-state index contributed by atoms with van der Waals surface area (Å²) in [7, 11) is 1.76. The summed E-state index contributed by atoms with van der Waals surface area (Å²) >= 11 is 3.30. The first kappa shape index (κ1) is 11.7. The van der Waals surface area contributed by atoms with E-state index in [4.69, 9.17) is 5.73 Å². The first-order valence-corrected chi connectivity index (χ1v) is 5.71. The minimum Gasteiger partial charge on any atom is -0.398 e. The second-order valence-corrected chi connectivity index (χ2v) is 4.42. The van der Waals surface area contributed by atoms with Crippen LogP contribution in [0.1, 0.15) is 10.5 Å². The van der Waals surface area contributed by atoms with Gasteiger partial charge >= 0.3 is 0 Å². The number of amides is 1. The van der Waals surface area contributed by atoms with Crippen LogP contribution in [0, 0.1) is 0 Å². The highest BCUT2D eigenvalue weighted by Crippen LogP contribution is 2.23. The third-order valence-electron chi connectivity index (χ3n) is 2.20. The summed E-state index contributed by atoms with van der Waals surface area (Å²) in [6.45, 7) is 0. The molecule has 0 unspecified atom stereocenters. The van der Waals surface area contributed by atoms with Gasteiger partial charge in [-0.15, -0.1) is 0 Å². The van der Waals surface area contributed by atoms with E-state index in [0.29, 0.717) is 17.1 Å². The summed E-state index contributed by atoms with van der Waals surface area (Å²) in [4.78, 5) is 11.8. The van der Waals surface area contributed by atoms with Gasteiger partial charge in [-0.25, -0.2) is 0 Å². The number of nitrogens with one attached hydrogen (secondary N) is 1. The zero-order valence-corrected chi connectivity index (χ0v) is 10.7. The fourth-order valence-corrected chi connectivity index (χ4v) is 1.71. The van der Waals surface area contributed by atoms with E-state index in [-0.39, 0.29) is 5.91 Å². The molecule has 0 saturated carbocycles. The molecular formula is C11H11BrN4O. The first-order chi connectivity index (χ1) is 8.06. The monoisotopic (exact) mass is 294 g/mol. The molecule has 0 saturated heterocycles. The summed E-state index contributed by atoms with van der Waals surface area (Å²) in [6, 6.07) is 6.86. The number of halogens is 1. The first-order valence-electron chi connectivity index (χ1n) is 4.92. The maximum Gasteiger partial charge on any atom is 0.276 e. The Hall–Kier alpha value is -1.82. The number of aromatic nitrogens is 2. The molecule has 0 aliphatic heterocycles. The van der Waals surface area contributed by atoms with Crippen LogP contribution < -0.4 is 11.1 Å². The highest BCUT2D eigenvalue weighted by atomic mass is 79.9. The van der Waals surface area contributed by atoms with E-state index in [1.165, 1.54) is 0 Å². The van der Waals surface area contributed by atoms with Gasteiger partial charge in [-0.1, -0.05) is 0 Å². The van der Waals surface area contributed by atoms with Crippen LogP contribution in [0.5, 0.6) is 0 Å². The largest absolute Gasteiger partial charge is 0.398 e. The molecule has 2 rings (SSSR count). The zero-order chi connectivity index (χ0) is 12.4. The number of hydrogen-bond acceptors (Lipinski definition) is 3. The Morgan fingerprint density at radius 3 is 2.82 bits per heavy atom. The molecule has 0 fully saturated rings. The number of anilines is 2. The standard InChI is InChI=1S/C11H11BrN4O/c1-16-5-4-10(15-16)11(17)14-7-2-3-9(13)8(12)6-7/h2-6H,13H2,1H3,(H,14,17). The number of rotatable bonds is 2. The second-order valence-electron chi connectivity index (χ2n) is 3.57. The molecule has 0 radical (unpaired) electrons. The van der Waals surface area contributed by atoms with E-state index in [9.17, 15) is 4.79 Å². The Bertz CT molecular complexity index is 564. The van der Waals surface area contributed by atoms with E-state index in [0.717, 1.165) is 4.47 Å². The number of nitrogens with zero attached hydrogens (tertiary/aromatic N) is 2. The number of benzene rings is 1. The van der Waals surface area contributed by atoms with Crippen LogP contribution in [0.4, 0.5) is 11.4 Å². The topological polar surface area (TPSA) is 72.9 Å². The van der Waals surface area contributed by atoms with E-state index in [2.05, 4.69) is 26.3 Å². The van der Waals surface area contributed by atoms with Crippen LogP contribution in [-0.4, -0.2) is 15.7 Å². The predicted molar refractivity (Wildman–Crippen MR) is 69.7 cm³/mol. The quantitative estimate of drug-likeness (QED) is 0.832. The molecule has 1 heterocycles. The van der Waals surface area contributed by atoms with Gasteiger partial charge in [0, 0.05) is 29.1 Å². The van der Waals surface area contributed by atoms with Gasteiger partial charge in [0.15, 0.2) is 5.69 Å². The highest BCUT2D eigenvalue weighted by Gasteiger charge is 2.09. The molecule has 0 spiro atoms. The molecule has 17 heavy (non-hydrogen) atoms. The van der Waals surface area contributed by atoms with Gasteiger partial charge in [0.1, 0.15) is 0 Å². The van der Waals surface area contributed by atoms with Crippen LogP contribution in [-0.2, 0) is 7.05 Å². The van der Waals surface area contributed by atoms with E-state index in [1.54, 1.807) is 42.2 Å². The van der Waals surface area contributed by atoms with E-state index < -0.39 is 0 Å². The van der Waals surface area contributed by atoms with Crippen molar-refractivity contribution in [2.24, 2.45) is 7.05 Å². The Labute approximate surface area is 107 Å². The molecule has 3 N–H and O–H groups in total. The van der Waals surface area contributed by atoms with Crippen molar-refractivity contribution in [3.05, 3.63) is 40.6 Å². The normalized spacial score (nSPS) is 10.2. The lowest BCUT2D eigenvalue weighted by Crippen LogP contribution is -2.13. The molecular weight excluding hydrogens is 284 g/mol. The van der Waals surface area contributed by atoms with Crippen LogP contribution >= 0.6 is 15.9 Å². The van der Waals surface area contributed by atoms with E-state index in [1.807, 2.05) is 0 Å². The number of carbonyl (C=O) groups is 1. The minimum absolute atomic E-state index is 0.248. The van der Waals surface area contributed by atoms with Crippen molar-refractivity contribution < 1.29 is 4.79 Å². The maximum atomic E-state index is 11.8. The fraction of sp³-hybridized carbons (Fsp3) is 0.0909. The summed E-state index contributed by atoms with van der Waals surface area (Å²) in [6.07, 6.45) is 1.72. The molecule has 5 nitrogen and oxygen atoms in total. The number of hydrogen-bond donors (Lipinski definition) is 2. The SMILES string of the molecule is Cn1ccc(C(=O)Nc2ccc(N)c(Br)c2)n1. The van der Waals surface area contributed by atoms with Crippen molar-refractivity contribution in [2.75, 3.05) is 11.1 Å². The Balaban J connectivity index is 2.15. The molecule has 1 aromatic heterocycles. The van der Waals surface area contributed by atoms with Gasteiger partial charge < -0.3 is 11.1 Å². The van der Waals surface area contributed by atoms with Crippen molar-refractivity contribution in [2.45, 2.75) is 0 Å². The molecule has 0 aliphatic carbocycles. The van der Waals surface area contributed by atoms with Gasteiger partial charge in [0.05, 0.1) is 0 Å². The average Bonchev–Trinajstić information content (AvgIpc) is 2.70. The molecule has 2 aromatic rings. The fourth-order valence-electron chi connectivity index (χ4n) is 1.34. The molecule has 1 aromatic carbocycles. The average molecular weight is 295 g/mol. The number of nitrogen functional groups attached to an aromatic ring is 1. The zero-order valence-electron chi connectivity index (χ0n) is 9.14. The lowest BCUT2D eigenvalue weighted by molar-refractivity contribution is 0.102. The Kier molecular flexibility index (Phi) is 3.14. The molecule has 0 atom stereocenters. The molecule has 1 amide bonds. The molecule has 0 bridgehead atoms. The maximum absolute atomic E-state index is 11.8. The Morgan fingerprint density at radius 1 is 1.47 bits per heavy atom. The molecule has 0 aliphatic rings. The van der Waals surface area contributed by atoms with Crippen molar-refractivity contribution in [1.29, 1.82) is 0 Å². The van der Waals surface area contributed by atoms with Gasteiger partial charge in [-0.3, -0.25) is 9.48 Å². The third-order valence-corrected chi connectivity index (χ3v) is 2.89. The van der Waals surface area contributed by atoms with Crippen molar-refractivity contribution in [3.8, 4) is 0 Å². The molecule has 6 heteroatoms. The van der Waals surface area contributed by atoms with Crippen LogP contribution in [0.2, 0.25) is 0 Å². The number of nitrogens with two attached hydrogens (primary N) is 1. The highest BCUT2D eigenvalue weighted by molar-refractivity contribution is 9.10. The van der Waals surface area contributed by atoms with Crippen LogP contribution in [0.3, 0.4) is 0 Å². The molecule has 88 valence electrons. The lowest BCUT2D eigenvalue weighted by Gasteiger charge is -2.05. The van der Waals surface area contributed by atoms with Crippen LogP contribution in [0.25, 0.3) is 0 Å². The number of carbonyl (C=O) groups excluding carboxylic acids is 1. The van der Waals surface area contributed by atoms with Crippen LogP contribution in [0.15, 0.2) is 34.9 Å². The van der Waals surface area contributed by atoms with E-state index >= 15 is 0 Å².